The van der Waals surface area contributed by atoms with Crippen LogP contribution in [-0.4, -0.2) is 63.5 Å². The number of amides is 2. The van der Waals surface area contributed by atoms with Gasteiger partial charge >= 0.3 is 6.03 Å². The molecule has 1 atom stereocenters. The topological polar surface area (TPSA) is 90.7 Å². The largest absolute Gasteiger partial charge is 0.378 e. The summed E-state index contributed by atoms with van der Waals surface area (Å²) in [6.07, 6.45) is 5.73. The highest BCUT2D eigenvalue weighted by molar-refractivity contribution is 7.17. The summed E-state index contributed by atoms with van der Waals surface area (Å²) in [5, 5.41) is 6.53. The number of carbonyl (C=O) groups is 1. The monoisotopic (exact) mass is 566 g/mol. The third kappa shape index (κ3) is 5.74. The predicted molar refractivity (Wildman–Crippen MR) is 167 cm³/mol. The van der Waals surface area contributed by atoms with Gasteiger partial charge in [-0.25, -0.2) is 19.7 Å². The fraction of sp³-hybridized carbons (Fsp3) is 0.290. The molecule has 0 aliphatic carbocycles. The zero-order chi connectivity index (χ0) is 28.5. The molecule has 5 aromatic rings. The van der Waals surface area contributed by atoms with Gasteiger partial charge in [0.05, 0.1) is 11.4 Å². The van der Waals surface area contributed by atoms with Crippen molar-refractivity contribution in [2.45, 2.75) is 32.7 Å². The molecule has 0 unspecified atom stereocenters. The van der Waals surface area contributed by atoms with E-state index in [-0.39, 0.29) is 12.1 Å². The predicted octanol–water partition coefficient (Wildman–Crippen LogP) is 6.31. The van der Waals surface area contributed by atoms with E-state index in [1.807, 2.05) is 54.2 Å². The van der Waals surface area contributed by atoms with E-state index < -0.39 is 0 Å². The Hall–Kier alpha value is -4.44. The van der Waals surface area contributed by atoms with Crippen LogP contribution in [0.3, 0.4) is 0 Å². The summed E-state index contributed by atoms with van der Waals surface area (Å²) in [6.45, 7) is 5.46. The molecule has 10 heteroatoms. The fourth-order valence-electron chi connectivity index (χ4n) is 5.18. The highest BCUT2D eigenvalue weighted by Crippen LogP contribution is 2.35. The first kappa shape index (κ1) is 26.8. The second kappa shape index (κ2) is 11.2. The lowest BCUT2D eigenvalue weighted by Gasteiger charge is -2.33. The Balaban J connectivity index is 1.20. The molecule has 3 aromatic heterocycles. The number of aryl methyl sites for hydroxylation is 2. The van der Waals surface area contributed by atoms with Crippen LogP contribution in [-0.2, 0) is 0 Å². The van der Waals surface area contributed by atoms with E-state index in [1.165, 1.54) is 10.4 Å². The smallest absolute Gasteiger partial charge is 0.321 e. The summed E-state index contributed by atoms with van der Waals surface area (Å²) >= 11 is 1.66. The van der Waals surface area contributed by atoms with Crippen LogP contribution < -0.4 is 15.5 Å². The summed E-state index contributed by atoms with van der Waals surface area (Å²) in [4.78, 5) is 33.5. The Kier molecular flexibility index (Phi) is 7.32. The molecule has 2 N–H and O–H groups in total. The summed E-state index contributed by atoms with van der Waals surface area (Å²) in [5.74, 6) is 0.547. The number of aromatic nitrogens is 4. The molecule has 0 bridgehead atoms. The molecule has 210 valence electrons. The molecule has 0 radical (unpaired) electrons. The number of nitrogens with one attached hydrogen (secondary N) is 2. The van der Waals surface area contributed by atoms with Crippen LogP contribution in [0.25, 0.3) is 27.6 Å². The SMILES string of the molecule is Cc1ccc(-c2nc3sc(C)cn3c2-c2ccnc(N[C@@H]3CCCN(C(=O)Nc4ccc(N(C)C)cc4)C3)n2)cc1. The van der Waals surface area contributed by atoms with Crippen LogP contribution >= 0.6 is 11.3 Å². The third-order valence-corrected chi connectivity index (χ3v) is 8.24. The zero-order valence-electron chi connectivity index (χ0n) is 23.8. The minimum atomic E-state index is -0.0963. The molecule has 1 saturated heterocycles. The van der Waals surface area contributed by atoms with E-state index in [9.17, 15) is 4.79 Å². The van der Waals surface area contributed by atoms with Crippen molar-refractivity contribution in [3.63, 3.8) is 0 Å². The minimum absolute atomic E-state index is 0.0475. The summed E-state index contributed by atoms with van der Waals surface area (Å²) < 4.78 is 2.12. The highest BCUT2D eigenvalue weighted by Gasteiger charge is 2.25. The van der Waals surface area contributed by atoms with E-state index in [1.54, 1.807) is 17.5 Å². The molecular weight excluding hydrogens is 532 g/mol. The number of thiazole rings is 1. The Labute approximate surface area is 243 Å². The van der Waals surface area contributed by atoms with Crippen molar-refractivity contribution < 1.29 is 4.79 Å². The summed E-state index contributed by atoms with van der Waals surface area (Å²) in [7, 11) is 3.99. The maximum absolute atomic E-state index is 13.1. The Bertz CT molecular complexity index is 1670. The Morgan fingerprint density at radius 3 is 2.56 bits per heavy atom. The molecule has 4 heterocycles. The molecular formula is C31H34N8OS. The second-order valence-electron chi connectivity index (χ2n) is 10.7. The quantitative estimate of drug-likeness (QED) is 0.250. The number of hydrogen-bond acceptors (Lipinski definition) is 7. The Morgan fingerprint density at radius 1 is 1.02 bits per heavy atom. The number of benzene rings is 2. The van der Waals surface area contributed by atoms with E-state index in [2.05, 4.69) is 64.3 Å². The number of rotatable bonds is 6. The lowest BCUT2D eigenvalue weighted by Crippen LogP contribution is -2.47. The number of fused-ring (bicyclic) bond motifs is 1. The van der Waals surface area contributed by atoms with Gasteiger partial charge in [0, 0.05) is 67.4 Å². The molecule has 6 rings (SSSR count). The number of likely N-dealkylation sites (tertiary alicyclic amines) is 1. The molecule has 1 fully saturated rings. The van der Waals surface area contributed by atoms with Crippen LogP contribution in [0.2, 0.25) is 0 Å². The van der Waals surface area contributed by atoms with Crippen molar-refractivity contribution in [2.75, 3.05) is 42.7 Å². The molecule has 2 aromatic carbocycles. The first-order valence-electron chi connectivity index (χ1n) is 13.8. The normalized spacial score (nSPS) is 15.2. The van der Waals surface area contributed by atoms with Crippen LogP contribution in [0, 0.1) is 13.8 Å². The van der Waals surface area contributed by atoms with Gasteiger partial charge in [-0.3, -0.25) is 4.40 Å². The molecule has 41 heavy (non-hydrogen) atoms. The van der Waals surface area contributed by atoms with Crippen molar-refractivity contribution in [1.82, 2.24) is 24.3 Å². The number of anilines is 3. The van der Waals surface area contributed by atoms with Gasteiger partial charge in [0.15, 0.2) is 4.96 Å². The number of urea groups is 1. The average molecular weight is 567 g/mol. The van der Waals surface area contributed by atoms with Crippen LogP contribution in [0.5, 0.6) is 0 Å². The van der Waals surface area contributed by atoms with Crippen molar-refractivity contribution in [3.8, 4) is 22.6 Å². The maximum atomic E-state index is 13.1. The fourth-order valence-corrected chi connectivity index (χ4v) is 6.01. The Morgan fingerprint density at radius 2 is 1.80 bits per heavy atom. The second-order valence-corrected chi connectivity index (χ2v) is 11.9. The van der Waals surface area contributed by atoms with E-state index in [0.29, 0.717) is 19.0 Å². The van der Waals surface area contributed by atoms with Gasteiger partial charge in [0.1, 0.15) is 5.69 Å². The number of imidazole rings is 1. The summed E-state index contributed by atoms with van der Waals surface area (Å²) in [5.41, 5.74) is 6.78. The van der Waals surface area contributed by atoms with Gasteiger partial charge in [0.25, 0.3) is 0 Å². The van der Waals surface area contributed by atoms with Crippen molar-refractivity contribution in [2.24, 2.45) is 0 Å². The standard InChI is InChI=1S/C31H34N8OS/c1-20-7-9-22(10-8-20)27-28(39-18-21(2)41-31(39)36-27)26-15-16-32-29(35-26)33-24-6-5-17-38(19-24)30(40)34-23-11-13-25(14-12-23)37(3)4/h7-16,18,24H,5-6,17,19H2,1-4H3,(H,34,40)(H,32,33,35)/t24-/m1/s1. The number of carbonyl (C=O) groups excluding carboxylic acids is 1. The van der Waals surface area contributed by atoms with Crippen LogP contribution in [0.1, 0.15) is 23.3 Å². The van der Waals surface area contributed by atoms with Crippen LogP contribution in [0.15, 0.2) is 67.0 Å². The van der Waals surface area contributed by atoms with Gasteiger partial charge in [-0.15, -0.1) is 11.3 Å². The van der Waals surface area contributed by atoms with E-state index in [4.69, 9.17) is 9.97 Å². The third-order valence-electron chi connectivity index (χ3n) is 7.34. The van der Waals surface area contributed by atoms with E-state index in [0.717, 1.165) is 51.8 Å². The maximum Gasteiger partial charge on any atom is 0.321 e. The minimum Gasteiger partial charge on any atom is -0.378 e. The molecule has 0 saturated carbocycles. The van der Waals surface area contributed by atoms with E-state index >= 15 is 0 Å². The number of nitrogens with zero attached hydrogens (tertiary/aromatic N) is 6. The van der Waals surface area contributed by atoms with Crippen molar-refractivity contribution >= 4 is 39.7 Å². The van der Waals surface area contributed by atoms with Gasteiger partial charge in [-0.05, 0) is 57.0 Å². The lowest BCUT2D eigenvalue weighted by molar-refractivity contribution is 0.196. The number of piperidine rings is 1. The van der Waals surface area contributed by atoms with Gasteiger partial charge in [-0.2, -0.15) is 0 Å². The molecule has 9 nitrogen and oxygen atoms in total. The first-order chi connectivity index (χ1) is 19.8. The van der Waals surface area contributed by atoms with Gasteiger partial charge in [-0.1, -0.05) is 29.8 Å². The van der Waals surface area contributed by atoms with Crippen LogP contribution in [0.4, 0.5) is 22.1 Å². The summed E-state index contributed by atoms with van der Waals surface area (Å²) in [6, 6.07) is 18.2. The molecule has 1 aliphatic heterocycles. The average Bonchev–Trinajstić information content (AvgIpc) is 3.50. The van der Waals surface area contributed by atoms with Gasteiger partial charge in [0.2, 0.25) is 5.95 Å². The highest BCUT2D eigenvalue weighted by atomic mass is 32.1. The number of hydrogen-bond donors (Lipinski definition) is 2. The molecule has 0 spiro atoms. The lowest BCUT2D eigenvalue weighted by atomic mass is 10.1. The molecule has 1 aliphatic rings. The molecule has 2 amide bonds. The zero-order valence-corrected chi connectivity index (χ0v) is 24.6. The van der Waals surface area contributed by atoms with Crippen molar-refractivity contribution in [1.29, 1.82) is 0 Å². The van der Waals surface area contributed by atoms with Gasteiger partial charge < -0.3 is 20.4 Å². The van der Waals surface area contributed by atoms with Crippen molar-refractivity contribution in [3.05, 3.63) is 77.4 Å². The first-order valence-corrected chi connectivity index (χ1v) is 14.6.